The molecule has 0 aliphatic carbocycles. The number of benzene rings is 2. The Morgan fingerprint density at radius 1 is 0.565 bits per heavy atom. The quantitative estimate of drug-likeness (QED) is 0.427. The molecule has 1 heterocycles. The van der Waals surface area contributed by atoms with Crippen molar-refractivity contribution >= 4 is 58.0 Å². The molecule has 2 aromatic carbocycles. The van der Waals surface area contributed by atoms with E-state index in [-0.39, 0.29) is 0 Å². The SMILES string of the molecule is Clc1ccc(-c2cccc(Cl)c2Cl)nc1-c1cccc(Cl)c1Cl. The van der Waals surface area contributed by atoms with E-state index in [1.165, 1.54) is 0 Å². The van der Waals surface area contributed by atoms with Gasteiger partial charge in [0.15, 0.2) is 0 Å². The van der Waals surface area contributed by atoms with Gasteiger partial charge >= 0.3 is 0 Å². The second-order valence-corrected chi connectivity index (χ2v) is 6.71. The number of hydrogen-bond donors (Lipinski definition) is 0. The Morgan fingerprint density at radius 2 is 1.13 bits per heavy atom. The molecule has 0 atom stereocenters. The van der Waals surface area contributed by atoms with Crippen LogP contribution in [0.25, 0.3) is 22.5 Å². The van der Waals surface area contributed by atoms with E-state index in [2.05, 4.69) is 4.98 Å². The molecule has 3 aromatic rings. The first-order chi connectivity index (χ1) is 11.0. The van der Waals surface area contributed by atoms with Crippen LogP contribution in [0.15, 0.2) is 48.5 Å². The van der Waals surface area contributed by atoms with Gasteiger partial charge in [0.2, 0.25) is 0 Å². The molecule has 0 amide bonds. The minimum atomic E-state index is 0.401. The summed E-state index contributed by atoms with van der Waals surface area (Å²) in [5.41, 5.74) is 2.56. The van der Waals surface area contributed by atoms with E-state index in [0.29, 0.717) is 42.1 Å². The van der Waals surface area contributed by atoms with E-state index in [1.54, 1.807) is 30.3 Å². The minimum absolute atomic E-state index is 0.401. The van der Waals surface area contributed by atoms with Crippen molar-refractivity contribution in [3.8, 4) is 22.5 Å². The summed E-state index contributed by atoms with van der Waals surface area (Å²) in [7, 11) is 0. The summed E-state index contributed by atoms with van der Waals surface area (Å²) in [5.74, 6) is 0. The van der Waals surface area contributed by atoms with Crippen molar-refractivity contribution in [3.05, 3.63) is 73.6 Å². The summed E-state index contributed by atoms with van der Waals surface area (Å²) >= 11 is 31.0. The third kappa shape index (κ3) is 3.31. The van der Waals surface area contributed by atoms with E-state index in [4.69, 9.17) is 58.0 Å². The van der Waals surface area contributed by atoms with Crippen molar-refractivity contribution in [2.24, 2.45) is 0 Å². The van der Waals surface area contributed by atoms with E-state index < -0.39 is 0 Å². The zero-order valence-corrected chi connectivity index (χ0v) is 15.2. The molecule has 0 aliphatic heterocycles. The van der Waals surface area contributed by atoms with Crippen molar-refractivity contribution in [1.82, 2.24) is 4.98 Å². The van der Waals surface area contributed by atoms with Crippen LogP contribution in [0.3, 0.4) is 0 Å². The second kappa shape index (κ2) is 6.88. The van der Waals surface area contributed by atoms with Crippen molar-refractivity contribution in [3.63, 3.8) is 0 Å². The average molecular weight is 404 g/mol. The van der Waals surface area contributed by atoms with Crippen LogP contribution >= 0.6 is 58.0 Å². The fraction of sp³-hybridized carbons (Fsp3) is 0. The first-order valence-electron chi connectivity index (χ1n) is 6.54. The molecule has 0 saturated carbocycles. The van der Waals surface area contributed by atoms with Crippen molar-refractivity contribution in [2.75, 3.05) is 0 Å². The molecule has 23 heavy (non-hydrogen) atoms. The fourth-order valence-electron chi connectivity index (χ4n) is 2.17. The van der Waals surface area contributed by atoms with Gasteiger partial charge in [-0.2, -0.15) is 0 Å². The highest BCUT2D eigenvalue weighted by Gasteiger charge is 2.15. The number of aromatic nitrogens is 1. The van der Waals surface area contributed by atoms with Gasteiger partial charge < -0.3 is 0 Å². The number of rotatable bonds is 2. The summed E-state index contributed by atoms with van der Waals surface area (Å²) in [5, 5.41) is 2.21. The normalized spacial score (nSPS) is 10.8. The fourth-order valence-corrected chi connectivity index (χ4v) is 3.16. The third-order valence-electron chi connectivity index (χ3n) is 3.28. The molecule has 0 radical (unpaired) electrons. The van der Waals surface area contributed by atoms with Gasteiger partial charge in [-0.15, -0.1) is 0 Å². The summed E-state index contributed by atoms with van der Waals surface area (Å²) < 4.78 is 0. The Hall–Kier alpha value is -0.960. The maximum atomic E-state index is 6.29. The molecule has 3 rings (SSSR count). The molecule has 0 aliphatic rings. The van der Waals surface area contributed by atoms with Crippen molar-refractivity contribution in [2.45, 2.75) is 0 Å². The summed E-state index contributed by atoms with van der Waals surface area (Å²) in [4.78, 5) is 4.60. The number of nitrogens with zero attached hydrogens (tertiary/aromatic N) is 1. The van der Waals surface area contributed by atoms with E-state index in [9.17, 15) is 0 Å². The average Bonchev–Trinajstić information content (AvgIpc) is 2.54. The van der Waals surface area contributed by atoms with Crippen LogP contribution in [-0.4, -0.2) is 4.98 Å². The van der Waals surface area contributed by atoms with Crippen LogP contribution in [0.2, 0.25) is 25.1 Å². The van der Waals surface area contributed by atoms with Crippen LogP contribution < -0.4 is 0 Å². The molecule has 6 heteroatoms. The summed E-state index contributed by atoms with van der Waals surface area (Å²) in [6.45, 7) is 0. The molecule has 0 unspecified atom stereocenters. The number of hydrogen-bond acceptors (Lipinski definition) is 1. The molecule has 1 aromatic heterocycles. The lowest BCUT2D eigenvalue weighted by Crippen LogP contribution is -1.91. The van der Waals surface area contributed by atoms with Gasteiger partial charge in [0.05, 0.1) is 36.5 Å². The van der Waals surface area contributed by atoms with E-state index >= 15 is 0 Å². The summed E-state index contributed by atoms with van der Waals surface area (Å²) in [6, 6.07) is 14.2. The molecular weight excluding hydrogens is 395 g/mol. The molecule has 0 spiro atoms. The highest BCUT2D eigenvalue weighted by molar-refractivity contribution is 6.44. The highest BCUT2D eigenvalue weighted by Crippen LogP contribution is 2.38. The Bertz CT molecular complexity index is 892. The molecule has 0 fully saturated rings. The topological polar surface area (TPSA) is 12.9 Å². The smallest absolute Gasteiger partial charge is 0.0911 e. The van der Waals surface area contributed by atoms with Crippen molar-refractivity contribution in [1.29, 1.82) is 0 Å². The highest BCUT2D eigenvalue weighted by atomic mass is 35.5. The van der Waals surface area contributed by atoms with Gasteiger partial charge in [0, 0.05) is 11.1 Å². The Morgan fingerprint density at radius 3 is 1.78 bits per heavy atom. The maximum Gasteiger partial charge on any atom is 0.0911 e. The van der Waals surface area contributed by atoms with Crippen LogP contribution in [0.4, 0.5) is 0 Å². The van der Waals surface area contributed by atoms with Gasteiger partial charge in [0.1, 0.15) is 0 Å². The first-order valence-corrected chi connectivity index (χ1v) is 8.43. The molecule has 0 saturated heterocycles. The van der Waals surface area contributed by atoms with Gasteiger partial charge in [0.25, 0.3) is 0 Å². The Balaban J connectivity index is 2.21. The molecule has 116 valence electrons. The monoisotopic (exact) mass is 401 g/mol. The minimum Gasteiger partial charge on any atom is -0.246 e. The van der Waals surface area contributed by atoms with E-state index in [0.717, 1.165) is 5.56 Å². The molecule has 1 nitrogen and oxygen atoms in total. The lowest BCUT2D eigenvalue weighted by atomic mass is 10.1. The Labute approximate surface area is 158 Å². The van der Waals surface area contributed by atoms with Crippen LogP contribution in [0.5, 0.6) is 0 Å². The van der Waals surface area contributed by atoms with Crippen LogP contribution in [0, 0.1) is 0 Å². The van der Waals surface area contributed by atoms with Crippen LogP contribution in [0.1, 0.15) is 0 Å². The standard InChI is InChI=1S/C17H8Cl5N/c18-11-5-1-3-9(15(11)21)14-8-7-13(20)17(23-14)10-4-2-6-12(19)16(10)22/h1-8H. The third-order valence-corrected chi connectivity index (χ3v) is 5.22. The lowest BCUT2D eigenvalue weighted by Gasteiger charge is -2.11. The molecular formula is C17H8Cl5N. The predicted octanol–water partition coefficient (Wildman–Crippen LogP) is 7.68. The lowest BCUT2D eigenvalue weighted by molar-refractivity contribution is 1.32. The summed E-state index contributed by atoms with van der Waals surface area (Å²) in [6.07, 6.45) is 0. The van der Waals surface area contributed by atoms with Crippen LogP contribution in [-0.2, 0) is 0 Å². The zero-order chi connectivity index (χ0) is 16.6. The number of halogens is 5. The van der Waals surface area contributed by atoms with Gasteiger partial charge in [-0.05, 0) is 24.3 Å². The van der Waals surface area contributed by atoms with Crippen molar-refractivity contribution < 1.29 is 0 Å². The molecule has 0 N–H and O–H groups in total. The van der Waals surface area contributed by atoms with E-state index in [1.807, 2.05) is 18.2 Å². The number of pyridine rings is 1. The van der Waals surface area contributed by atoms with Gasteiger partial charge in [-0.3, -0.25) is 0 Å². The van der Waals surface area contributed by atoms with Gasteiger partial charge in [-0.25, -0.2) is 4.98 Å². The largest absolute Gasteiger partial charge is 0.246 e. The van der Waals surface area contributed by atoms with Gasteiger partial charge in [-0.1, -0.05) is 82.3 Å². The second-order valence-electron chi connectivity index (χ2n) is 4.73. The molecule has 0 bridgehead atoms. The predicted molar refractivity (Wildman–Crippen MR) is 100 cm³/mol. The maximum absolute atomic E-state index is 6.29. The first kappa shape index (κ1) is 16.9. The Kier molecular flexibility index (Phi) is 5.05. The zero-order valence-electron chi connectivity index (χ0n) is 11.5.